The number of pyridine rings is 1. The van der Waals surface area contributed by atoms with Crippen molar-refractivity contribution in [1.29, 1.82) is 0 Å². The minimum Gasteiger partial charge on any atom is -0.465 e. The molecule has 0 unspecified atom stereocenters. The fourth-order valence-electron chi connectivity index (χ4n) is 3.98. The third-order valence-corrected chi connectivity index (χ3v) is 5.41. The molecule has 35 heavy (non-hydrogen) atoms. The van der Waals surface area contributed by atoms with Crippen LogP contribution in [0.4, 0.5) is 18.0 Å². The number of aromatic nitrogens is 4. The van der Waals surface area contributed by atoms with Gasteiger partial charge in [0.25, 0.3) is 5.56 Å². The van der Waals surface area contributed by atoms with E-state index < -0.39 is 18.1 Å². The normalized spacial score (nSPS) is 11.8. The second-order valence-electron chi connectivity index (χ2n) is 8.42. The van der Waals surface area contributed by atoms with Crippen LogP contribution >= 0.6 is 0 Å². The Morgan fingerprint density at radius 3 is 2.43 bits per heavy atom. The zero-order valence-electron chi connectivity index (χ0n) is 18.8. The number of H-pyrrole nitrogens is 1. The number of carboxylic acid groups (broad SMARTS) is 1. The first-order chi connectivity index (χ1) is 16.6. The third-order valence-electron chi connectivity index (χ3n) is 5.41. The Morgan fingerprint density at radius 2 is 1.83 bits per heavy atom. The Kier molecular flexibility index (Phi) is 6.33. The number of carbonyl (C=O) groups is 1. The molecule has 4 rings (SSSR count). The number of rotatable bonds is 6. The van der Waals surface area contributed by atoms with Gasteiger partial charge in [0.05, 0.1) is 6.54 Å². The van der Waals surface area contributed by atoms with Gasteiger partial charge in [-0.3, -0.25) is 9.89 Å². The van der Waals surface area contributed by atoms with Crippen LogP contribution < -0.4 is 10.9 Å². The largest absolute Gasteiger partial charge is 0.465 e. The zero-order valence-corrected chi connectivity index (χ0v) is 18.8. The fourth-order valence-corrected chi connectivity index (χ4v) is 3.98. The topological polar surface area (TPSA) is 113 Å². The molecule has 0 radical (unpaired) electrons. The summed E-state index contributed by atoms with van der Waals surface area (Å²) in [5.41, 5.74) is 1.73. The van der Waals surface area contributed by atoms with Gasteiger partial charge >= 0.3 is 12.3 Å². The minimum absolute atomic E-state index is 0.0886. The van der Waals surface area contributed by atoms with E-state index in [0.29, 0.717) is 28.6 Å². The summed E-state index contributed by atoms with van der Waals surface area (Å²) < 4.78 is 40.6. The van der Waals surface area contributed by atoms with Gasteiger partial charge in [0, 0.05) is 28.8 Å². The third kappa shape index (κ3) is 4.88. The lowest BCUT2D eigenvalue weighted by Crippen LogP contribution is -2.31. The Bertz CT molecular complexity index is 1440. The Labute approximate surface area is 197 Å². The van der Waals surface area contributed by atoms with Gasteiger partial charge in [-0.2, -0.15) is 18.3 Å². The van der Waals surface area contributed by atoms with Gasteiger partial charge < -0.3 is 15.0 Å². The summed E-state index contributed by atoms with van der Waals surface area (Å²) >= 11 is 0. The van der Waals surface area contributed by atoms with Crippen molar-refractivity contribution >= 4 is 16.9 Å². The highest BCUT2D eigenvalue weighted by Gasteiger charge is 2.35. The second kappa shape index (κ2) is 9.24. The van der Waals surface area contributed by atoms with Gasteiger partial charge in [0.2, 0.25) is 5.82 Å². The predicted octanol–water partition coefficient (Wildman–Crippen LogP) is 4.90. The smallest absolute Gasteiger partial charge is 0.451 e. The highest BCUT2D eigenvalue weighted by atomic mass is 19.4. The molecule has 182 valence electrons. The molecule has 0 spiro atoms. The summed E-state index contributed by atoms with van der Waals surface area (Å²) in [6, 6.07) is 13.7. The van der Waals surface area contributed by atoms with Gasteiger partial charge in [0.15, 0.2) is 5.82 Å². The number of hydrogen-bond acceptors (Lipinski definition) is 4. The molecular formula is C24H22F3N5O3. The van der Waals surface area contributed by atoms with Crippen LogP contribution in [0.3, 0.4) is 0 Å². The number of nitrogens with zero attached hydrogens (tertiary/aromatic N) is 3. The number of nitrogens with one attached hydrogen (secondary N) is 2. The van der Waals surface area contributed by atoms with E-state index in [-0.39, 0.29) is 29.4 Å². The van der Waals surface area contributed by atoms with Crippen LogP contribution in [0.25, 0.3) is 33.3 Å². The van der Waals surface area contributed by atoms with Crippen molar-refractivity contribution in [2.45, 2.75) is 33.1 Å². The first-order valence-electron chi connectivity index (χ1n) is 10.8. The summed E-state index contributed by atoms with van der Waals surface area (Å²) in [6.45, 7) is 4.10. The summed E-state index contributed by atoms with van der Waals surface area (Å²) in [4.78, 5) is 28.4. The van der Waals surface area contributed by atoms with E-state index in [1.165, 1.54) is 12.1 Å². The molecule has 0 saturated heterocycles. The summed E-state index contributed by atoms with van der Waals surface area (Å²) in [5, 5.41) is 18.0. The van der Waals surface area contributed by atoms with Gasteiger partial charge in [-0.15, -0.1) is 0 Å². The number of alkyl halides is 3. The lowest BCUT2D eigenvalue weighted by Gasteiger charge is -2.21. The molecular weight excluding hydrogens is 463 g/mol. The van der Waals surface area contributed by atoms with Gasteiger partial charge in [-0.05, 0) is 29.0 Å². The Hall–Kier alpha value is -4.15. The Morgan fingerprint density at radius 1 is 1.11 bits per heavy atom. The monoisotopic (exact) mass is 485 g/mol. The lowest BCUT2D eigenvalue weighted by atomic mass is 9.94. The zero-order chi connectivity index (χ0) is 25.3. The van der Waals surface area contributed by atoms with E-state index >= 15 is 0 Å². The molecule has 0 saturated carbocycles. The van der Waals surface area contributed by atoms with E-state index in [4.69, 9.17) is 0 Å². The lowest BCUT2D eigenvalue weighted by molar-refractivity contribution is -0.144. The highest BCUT2D eigenvalue weighted by Crippen LogP contribution is 2.34. The molecule has 1 amide bonds. The van der Waals surface area contributed by atoms with Crippen LogP contribution in [-0.4, -0.2) is 30.9 Å². The van der Waals surface area contributed by atoms with Crippen molar-refractivity contribution in [3.8, 4) is 22.5 Å². The van der Waals surface area contributed by atoms with Gasteiger partial charge in [-0.1, -0.05) is 50.2 Å². The van der Waals surface area contributed by atoms with Crippen LogP contribution in [0, 0.1) is 5.92 Å². The van der Waals surface area contributed by atoms with Crippen LogP contribution in [0.2, 0.25) is 0 Å². The first kappa shape index (κ1) is 24.0. The van der Waals surface area contributed by atoms with Crippen molar-refractivity contribution in [3.05, 3.63) is 70.4 Å². The predicted molar refractivity (Wildman–Crippen MR) is 124 cm³/mol. The van der Waals surface area contributed by atoms with Crippen molar-refractivity contribution < 1.29 is 23.1 Å². The molecule has 0 aliphatic rings. The maximum Gasteiger partial charge on any atom is 0.451 e. The number of benzene rings is 2. The summed E-state index contributed by atoms with van der Waals surface area (Å²) in [5.74, 6) is -1.31. The Balaban J connectivity index is 2.04. The molecule has 4 aromatic rings. The molecule has 0 aliphatic heterocycles. The number of fused-ring (bicyclic) bond motifs is 1. The van der Waals surface area contributed by atoms with E-state index in [9.17, 15) is 27.9 Å². The van der Waals surface area contributed by atoms with Crippen LogP contribution in [0.15, 0.2) is 53.3 Å². The van der Waals surface area contributed by atoms with Crippen molar-refractivity contribution in [2.24, 2.45) is 5.92 Å². The second-order valence-corrected chi connectivity index (χ2v) is 8.42. The summed E-state index contributed by atoms with van der Waals surface area (Å²) in [7, 11) is 0. The van der Waals surface area contributed by atoms with Gasteiger partial charge in [-0.25, -0.2) is 9.78 Å². The number of aromatic amines is 1. The molecule has 8 nitrogen and oxygen atoms in total. The standard InChI is InChI=1S/C24H22F3N5O3/c1-13(2)12-32-18(11-28-23(34)35)19(14-6-4-3-5-7-14)17-10-15(8-9-16(17)21(32)33)20-29-22(31-30-20)24(25,26)27/h3-10,13,28H,11-12H2,1-2H3,(H,34,35)(H,29,30,31). The molecule has 11 heteroatoms. The number of halogens is 3. The van der Waals surface area contributed by atoms with Gasteiger partial charge in [0.1, 0.15) is 0 Å². The molecule has 2 heterocycles. The molecule has 3 N–H and O–H groups in total. The van der Waals surface area contributed by atoms with Crippen molar-refractivity contribution in [3.63, 3.8) is 0 Å². The average Bonchev–Trinajstić information content (AvgIpc) is 3.31. The average molecular weight is 485 g/mol. The first-order valence-corrected chi connectivity index (χ1v) is 10.8. The van der Waals surface area contributed by atoms with Crippen molar-refractivity contribution in [2.75, 3.05) is 0 Å². The van der Waals surface area contributed by atoms with E-state index in [2.05, 4.69) is 15.4 Å². The van der Waals surface area contributed by atoms with Crippen LogP contribution in [0.5, 0.6) is 0 Å². The van der Waals surface area contributed by atoms with E-state index in [0.717, 1.165) is 5.56 Å². The molecule has 0 fully saturated rings. The minimum atomic E-state index is -4.68. The van der Waals surface area contributed by atoms with Crippen LogP contribution in [-0.2, 0) is 19.3 Å². The van der Waals surface area contributed by atoms with Crippen LogP contribution in [0.1, 0.15) is 25.4 Å². The SMILES string of the molecule is CC(C)Cn1c(CNC(=O)O)c(-c2ccccc2)c2cc(-c3n[nH]c(C(F)(F)F)n3)ccc2c1=O. The number of hydrogen-bond donors (Lipinski definition) is 3. The molecule has 0 atom stereocenters. The molecule has 2 aromatic carbocycles. The molecule has 0 bridgehead atoms. The van der Waals surface area contributed by atoms with E-state index in [1.807, 2.05) is 49.3 Å². The number of amides is 1. The summed E-state index contributed by atoms with van der Waals surface area (Å²) in [6.07, 6.45) is -5.93. The highest BCUT2D eigenvalue weighted by molar-refractivity contribution is 5.99. The maximum atomic E-state index is 13.5. The fraction of sp³-hybridized carbons (Fsp3) is 0.250. The molecule has 2 aromatic heterocycles. The maximum absolute atomic E-state index is 13.5. The van der Waals surface area contributed by atoms with E-state index in [1.54, 1.807) is 10.6 Å². The molecule has 0 aliphatic carbocycles. The quantitative estimate of drug-likeness (QED) is 0.360. The van der Waals surface area contributed by atoms with Crippen molar-refractivity contribution in [1.82, 2.24) is 25.1 Å².